The van der Waals surface area contributed by atoms with Crippen molar-refractivity contribution in [2.45, 2.75) is 6.42 Å². The zero-order chi connectivity index (χ0) is 14.5. The van der Waals surface area contributed by atoms with Crippen LogP contribution < -0.4 is 11.1 Å². The van der Waals surface area contributed by atoms with Crippen molar-refractivity contribution in [3.05, 3.63) is 59.4 Å². The van der Waals surface area contributed by atoms with E-state index in [9.17, 15) is 9.18 Å². The van der Waals surface area contributed by atoms with Crippen molar-refractivity contribution in [3.8, 4) is 6.07 Å². The van der Waals surface area contributed by atoms with E-state index in [-0.39, 0.29) is 5.56 Å². The lowest BCUT2D eigenvalue weighted by Gasteiger charge is -2.07. The second-order valence-corrected chi connectivity index (χ2v) is 4.23. The van der Waals surface area contributed by atoms with Gasteiger partial charge in [-0.05, 0) is 35.9 Å². The highest BCUT2D eigenvalue weighted by Crippen LogP contribution is 2.15. The Hall–Kier alpha value is -2.87. The summed E-state index contributed by atoms with van der Waals surface area (Å²) in [6, 6.07) is 12.6. The number of amides is 1. The third-order valence-electron chi connectivity index (χ3n) is 2.73. The van der Waals surface area contributed by atoms with Gasteiger partial charge in [-0.1, -0.05) is 12.1 Å². The summed E-state index contributed by atoms with van der Waals surface area (Å²) in [5, 5.41) is 11.1. The monoisotopic (exact) mass is 269 g/mol. The molecule has 1 amide bonds. The van der Waals surface area contributed by atoms with Gasteiger partial charge in [0.15, 0.2) is 0 Å². The van der Waals surface area contributed by atoms with E-state index in [1.54, 1.807) is 24.3 Å². The number of nitrogens with two attached hydrogens (primary N) is 1. The average molecular weight is 269 g/mol. The Labute approximate surface area is 115 Å². The third kappa shape index (κ3) is 3.12. The first kappa shape index (κ1) is 13.6. The highest BCUT2D eigenvalue weighted by Gasteiger charge is 2.12. The summed E-state index contributed by atoms with van der Waals surface area (Å²) < 4.78 is 13.5. The van der Waals surface area contributed by atoms with Gasteiger partial charge in [-0.2, -0.15) is 5.26 Å². The van der Waals surface area contributed by atoms with E-state index in [0.29, 0.717) is 17.8 Å². The molecule has 2 aromatic rings. The van der Waals surface area contributed by atoms with Crippen molar-refractivity contribution in [2.75, 3.05) is 11.1 Å². The first-order chi connectivity index (χ1) is 9.60. The number of nitrogens with one attached hydrogen (secondary N) is 1. The maximum absolute atomic E-state index is 13.5. The van der Waals surface area contributed by atoms with E-state index < -0.39 is 11.7 Å². The van der Waals surface area contributed by atoms with Gasteiger partial charge in [0, 0.05) is 11.4 Å². The maximum Gasteiger partial charge on any atom is 0.258 e. The molecule has 0 radical (unpaired) electrons. The van der Waals surface area contributed by atoms with E-state index in [0.717, 1.165) is 11.6 Å². The molecular formula is C15H12FN3O. The molecule has 0 aromatic heterocycles. The van der Waals surface area contributed by atoms with Crippen LogP contribution in [0.25, 0.3) is 0 Å². The van der Waals surface area contributed by atoms with Crippen LogP contribution in [0.2, 0.25) is 0 Å². The van der Waals surface area contributed by atoms with Crippen LogP contribution in [-0.2, 0) is 6.42 Å². The molecule has 0 saturated carbocycles. The van der Waals surface area contributed by atoms with E-state index >= 15 is 0 Å². The molecule has 0 saturated heterocycles. The number of hydrogen-bond acceptors (Lipinski definition) is 3. The molecule has 3 N–H and O–H groups in total. The van der Waals surface area contributed by atoms with Crippen LogP contribution in [0.4, 0.5) is 15.8 Å². The summed E-state index contributed by atoms with van der Waals surface area (Å²) in [7, 11) is 0. The molecule has 5 heteroatoms. The molecule has 2 rings (SSSR count). The minimum atomic E-state index is -0.627. The van der Waals surface area contributed by atoms with Crippen LogP contribution in [0, 0.1) is 17.1 Å². The zero-order valence-corrected chi connectivity index (χ0v) is 10.6. The Kier molecular flexibility index (Phi) is 3.96. The number of carbonyl (C=O) groups is 1. The number of rotatable bonds is 3. The number of benzene rings is 2. The van der Waals surface area contributed by atoms with Gasteiger partial charge in [0.25, 0.3) is 5.91 Å². The molecule has 4 nitrogen and oxygen atoms in total. The Morgan fingerprint density at radius 1 is 1.25 bits per heavy atom. The molecule has 100 valence electrons. The zero-order valence-electron chi connectivity index (χ0n) is 10.6. The minimum Gasteiger partial charge on any atom is -0.399 e. The molecule has 0 heterocycles. The van der Waals surface area contributed by atoms with Crippen LogP contribution in [0.15, 0.2) is 42.5 Å². The maximum atomic E-state index is 13.5. The number of hydrogen-bond donors (Lipinski definition) is 2. The second kappa shape index (κ2) is 5.85. The Balaban J connectivity index is 2.15. The normalized spacial score (nSPS) is 9.80. The standard InChI is InChI=1S/C15H12FN3O/c16-14-6-3-11(18)9-13(14)15(20)19-12-4-1-10(2-5-12)7-8-17/h1-6,9H,7,18H2,(H,19,20). The molecule has 20 heavy (non-hydrogen) atoms. The predicted molar refractivity (Wildman–Crippen MR) is 74.5 cm³/mol. The van der Waals surface area contributed by atoms with E-state index in [1.807, 2.05) is 6.07 Å². The molecule has 0 aliphatic rings. The van der Waals surface area contributed by atoms with Crippen LogP contribution in [0.5, 0.6) is 0 Å². The number of anilines is 2. The molecule has 0 unspecified atom stereocenters. The van der Waals surface area contributed by atoms with Gasteiger partial charge in [0.1, 0.15) is 5.82 Å². The van der Waals surface area contributed by atoms with Crippen LogP contribution in [-0.4, -0.2) is 5.91 Å². The number of nitrogen functional groups attached to an aromatic ring is 1. The van der Waals surface area contributed by atoms with E-state index in [2.05, 4.69) is 5.32 Å². The minimum absolute atomic E-state index is 0.105. The molecular weight excluding hydrogens is 257 g/mol. The number of halogens is 1. The van der Waals surface area contributed by atoms with E-state index in [4.69, 9.17) is 11.0 Å². The quantitative estimate of drug-likeness (QED) is 0.841. The lowest BCUT2D eigenvalue weighted by molar-refractivity contribution is 0.102. The SMILES string of the molecule is N#CCc1ccc(NC(=O)c2cc(N)ccc2F)cc1. The molecule has 2 aromatic carbocycles. The van der Waals surface area contributed by atoms with E-state index in [1.165, 1.54) is 12.1 Å². The van der Waals surface area contributed by atoms with Crippen LogP contribution >= 0.6 is 0 Å². The summed E-state index contributed by atoms with van der Waals surface area (Å²) in [6.07, 6.45) is 0.304. The summed E-state index contributed by atoms with van der Waals surface area (Å²) >= 11 is 0. The smallest absolute Gasteiger partial charge is 0.258 e. The Morgan fingerprint density at radius 3 is 2.60 bits per heavy atom. The molecule has 0 spiro atoms. The van der Waals surface area contributed by atoms with Crippen molar-refractivity contribution in [1.29, 1.82) is 5.26 Å². The van der Waals surface area contributed by atoms with Gasteiger partial charge in [-0.25, -0.2) is 4.39 Å². The third-order valence-corrected chi connectivity index (χ3v) is 2.73. The van der Waals surface area contributed by atoms with Crippen LogP contribution in [0.3, 0.4) is 0 Å². The summed E-state index contributed by atoms with van der Waals surface area (Å²) in [5.41, 5.74) is 7.12. The molecule has 0 aliphatic carbocycles. The molecule has 0 aliphatic heterocycles. The van der Waals surface area contributed by atoms with Crippen molar-refractivity contribution < 1.29 is 9.18 Å². The predicted octanol–water partition coefficient (Wildman–Crippen LogP) is 2.73. The number of nitrogens with zero attached hydrogens (tertiary/aromatic N) is 1. The average Bonchev–Trinajstić information content (AvgIpc) is 2.44. The highest BCUT2D eigenvalue weighted by atomic mass is 19.1. The first-order valence-electron chi connectivity index (χ1n) is 5.92. The van der Waals surface area contributed by atoms with Crippen LogP contribution in [0.1, 0.15) is 15.9 Å². The van der Waals surface area contributed by atoms with Crippen molar-refractivity contribution >= 4 is 17.3 Å². The van der Waals surface area contributed by atoms with Crippen molar-refractivity contribution in [2.24, 2.45) is 0 Å². The van der Waals surface area contributed by atoms with Gasteiger partial charge in [-0.15, -0.1) is 0 Å². The van der Waals surface area contributed by atoms with Crippen molar-refractivity contribution in [1.82, 2.24) is 0 Å². The molecule has 0 fully saturated rings. The van der Waals surface area contributed by atoms with Crippen molar-refractivity contribution in [3.63, 3.8) is 0 Å². The first-order valence-corrected chi connectivity index (χ1v) is 5.92. The number of carbonyl (C=O) groups excluding carboxylic acids is 1. The fourth-order valence-electron chi connectivity index (χ4n) is 1.71. The fourth-order valence-corrected chi connectivity index (χ4v) is 1.71. The lowest BCUT2D eigenvalue weighted by Crippen LogP contribution is -2.14. The Morgan fingerprint density at radius 2 is 1.95 bits per heavy atom. The summed E-state index contributed by atoms with van der Waals surface area (Å²) in [5.74, 6) is -1.19. The van der Waals surface area contributed by atoms with Gasteiger partial charge < -0.3 is 11.1 Å². The van der Waals surface area contributed by atoms with Gasteiger partial charge in [-0.3, -0.25) is 4.79 Å². The fraction of sp³-hybridized carbons (Fsp3) is 0.0667. The lowest BCUT2D eigenvalue weighted by atomic mass is 10.1. The molecule has 0 bridgehead atoms. The summed E-state index contributed by atoms with van der Waals surface area (Å²) in [4.78, 5) is 11.9. The molecule has 0 atom stereocenters. The van der Waals surface area contributed by atoms with Gasteiger partial charge in [0.05, 0.1) is 18.1 Å². The van der Waals surface area contributed by atoms with Gasteiger partial charge >= 0.3 is 0 Å². The summed E-state index contributed by atoms with van der Waals surface area (Å²) in [6.45, 7) is 0. The largest absolute Gasteiger partial charge is 0.399 e. The number of nitriles is 1. The second-order valence-electron chi connectivity index (χ2n) is 4.23. The highest BCUT2D eigenvalue weighted by molar-refractivity contribution is 6.04. The van der Waals surface area contributed by atoms with Gasteiger partial charge in [0.2, 0.25) is 0 Å². The topological polar surface area (TPSA) is 78.9 Å². The Bertz CT molecular complexity index is 675.